The van der Waals surface area contributed by atoms with Gasteiger partial charge in [0, 0.05) is 23.0 Å². The Morgan fingerprint density at radius 3 is 2.40 bits per heavy atom. The normalized spacial score (nSPS) is 14.1. The van der Waals surface area contributed by atoms with Gasteiger partial charge in [-0.2, -0.15) is 0 Å². The predicted octanol–water partition coefficient (Wildman–Crippen LogP) is 3.05. The van der Waals surface area contributed by atoms with Crippen LogP contribution >= 0.6 is 0 Å². The van der Waals surface area contributed by atoms with E-state index in [4.69, 9.17) is 5.73 Å². The van der Waals surface area contributed by atoms with Crippen LogP contribution in [0.3, 0.4) is 0 Å². The molecule has 0 unspecified atom stereocenters. The number of nitrogens with one attached hydrogen (secondary N) is 1. The van der Waals surface area contributed by atoms with Crippen LogP contribution < -0.4 is 11.1 Å². The molecule has 0 saturated heterocycles. The van der Waals surface area contributed by atoms with Crippen molar-refractivity contribution in [2.45, 2.75) is 25.8 Å². The summed E-state index contributed by atoms with van der Waals surface area (Å²) in [6, 6.07) is 14.5. The fourth-order valence-electron chi connectivity index (χ4n) is 2.85. The zero-order valence-electron chi connectivity index (χ0n) is 11.5. The van der Waals surface area contributed by atoms with Gasteiger partial charge in [0.2, 0.25) is 0 Å². The van der Waals surface area contributed by atoms with E-state index in [0.717, 1.165) is 18.5 Å². The Hall–Kier alpha value is -2.29. The standard InChI is InChI=1S/C17H18N2O/c1-11(20)16-10-14(6-7-17(16)18)19-15-8-12-4-2-3-5-13(12)9-15/h2-7,10,15,19H,8-9,18H2,1H3. The summed E-state index contributed by atoms with van der Waals surface area (Å²) in [5.74, 6) is 0.000794. The van der Waals surface area contributed by atoms with Gasteiger partial charge in [-0.25, -0.2) is 0 Å². The zero-order valence-corrected chi connectivity index (χ0v) is 11.5. The molecule has 0 spiro atoms. The highest BCUT2D eigenvalue weighted by atomic mass is 16.1. The van der Waals surface area contributed by atoms with Crippen LogP contribution in [0, 0.1) is 0 Å². The molecule has 3 nitrogen and oxygen atoms in total. The molecule has 0 amide bonds. The van der Waals surface area contributed by atoms with Crippen LogP contribution in [0.25, 0.3) is 0 Å². The summed E-state index contributed by atoms with van der Waals surface area (Å²) in [6.45, 7) is 1.54. The molecule has 0 saturated carbocycles. The van der Waals surface area contributed by atoms with Crippen LogP contribution in [0.2, 0.25) is 0 Å². The van der Waals surface area contributed by atoms with Gasteiger partial charge in [-0.05, 0) is 49.1 Å². The molecule has 0 bridgehead atoms. The SMILES string of the molecule is CC(=O)c1cc(NC2Cc3ccccc3C2)ccc1N. The van der Waals surface area contributed by atoms with E-state index >= 15 is 0 Å². The smallest absolute Gasteiger partial charge is 0.161 e. The van der Waals surface area contributed by atoms with E-state index in [1.54, 1.807) is 13.0 Å². The number of benzene rings is 2. The average molecular weight is 266 g/mol. The van der Waals surface area contributed by atoms with Gasteiger partial charge < -0.3 is 11.1 Å². The van der Waals surface area contributed by atoms with Crippen molar-refractivity contribution in [1.29, 1.82) is 0 Å². The molecule has 2 aromatic carbocycles. The van der Waals surface area contributed by atoms with Crippen molar-refractivity contribution >= 4 is 17.2 Å². The third-order valence-corrected chi connectivity index (χ3v) is 3.85. The minimum absolute atomic E-state index is 0.000794. The number of rotatable bonds is 3. The number of nitrogens with two attached hydrogens (primary N) is 1. The highest BCUT2D eigenvalue weighted by Gasteiger charge is 2.20. The minimum Gasteiger partial charge on any atom is -0.398 e. The van der Waals surface area contributed by atoms with Crippen molar-refractivity contribution < 1.29 is 4.79 Å². The molecular weight excluding hydrogens is 248 g/mol. The molecule has 3 rings (SSSR count). The molecule has 0 aromatic heterocycles. The summed E-state index contributed by atoms with van der Waals surface area (Å²) < 4.78 is 0. The molecule has 20 heavy (non-hydrogen) atoms. The van der Waals surface area contributed by atoms with Crippen LogP contribution in [-0.2, 0) is 12.8 Å². The number of hydrogen-bond donors (Lipinski definition) is 2. The second-order valence-electron chi connectivity index (χ2n) is 5.38. The maximum Gasteiger partial charge on any atom is 0.161 e. The molecule has 0 heterocycles. The first-order valence-electron chi connectivity index (χ1n) is 6.87. The Morgan fingerprint density at radius 2 is 1.80 bits per heavy atom. The van der Waals surface area contributed by atoms with E-state index in [0.29, 0.717) is 17.3 Å². The van der Waals surface area contributed by atoms with Gasteiger partial charge in [-0.15, -0.1) is 0 Å². The molecule has 3 N–H and O–H groups in total. The molecule has 0 radical (unpaired) electrons. The lowest BCUT2D eigenvalue weighted by Gasteiger charge is -2.15. The number of hydrogen-bond acceptors (Lipinski definition) is 3. The Balaban J connectivity index is 1.77. The number of Topliss-reactive ketones (excluding diaryl/α,β-unsaturated/α-hetero) is 1. The molecule has 3 heteroatoms. The summed E-state index contributed by atoms with van der Waals surface area (Å²) >= 11 is 0. The van der Waals surface area contributed by atoms with Gasteiger partial charge >= 0.3 is 0 Å². The Morgan fingerprint density at radius 1 is 1.15 bits per heavy atom. The number of ketones is 1. The number of carbonyl (C=O) groups is 1. The summed E-state index contributed by atoms with van der Waals surface area (Å²) in [6.07, 6.45) is 2.05. The Bertz CT molecular complexity index is 639. The van der Waals surface area contributed by atoms with E-state index in [9.17, 15) is 4.79 Å². The highest BCUT2D eigenvalue weighted by molar-refractivity contribution is 6.00. The molecule has 0 aliphatic heterocycles. The van der Waals surface area contributed by atoms with Gasteiger partial charge in [0.25, 0.3) is 0 Å². The van der Waals surface area contributed by atoms with Crippen molar-refractivity contribution in [3.8, 4) is 0 Å². The van der Waals surface area contributed by atoms with E-state index in [1.807, 2.05) is 12.1 Å². The first-order chi connectivity index (χ1) is 9.63. The van der Waals surface area contributed by atoms with Gasteiger partial charge in [-0.1, -0.05) is 24.3 Å². The second-order valence-corrected chi connectivity index (χ2v) is 5.38. The lowest BCUT2D eigenvalue weighted by Crippen LogP contribution is -2.19. The Kier molecular flexibility index (Phi) is 3.18. The maximum absolute atomic E-state index is 11.5. The number of carbonyl (C=O) groups excluding carboxylic acids is 1. The molecule has 1 aliphatic carbocycles. The van der Waals surface area contributed by atoms with E-state index in [1.165, 1.54) is 11.1 Å². The third kappa shape index (κ3) is 2.39. The first kappa shape index (κ1) is 12.7. The average Bonchev–Trinajstić information content (AvgIpc) is 2.82. The summed E-state index contributed by atoms with van der Waals surface area (Å²) in [5, 5.41) is 3.50. The van der Waals surface area contributed by atoms with E-state index in [-0.39, 0.29) is 5.78 Å². The van der Waals surface area contributed by atoms with Crippen LogP contribution in [0.1, 0.15) is 28.4 Å². The maximum atomic E-state index is 11.5. The zero-order chi connectivity index (χ0) is 14.1. The highest BCUT2D eigenvalue weighted by Crippen LogP contribution is 2.26. The van der Waals surface area contributed by atoms with Crippen molar-refractivity contribution in [1.82, 2.24) is 0 Å². The molecule has 0 fully saturated rings. The molecular formula is C17H18N2O. The number of nitrogen functional groups attached to an aromatic ring is 1. The van der Waals surface area contributed by atoms with Crippen LogP contribution in [0.15, 0.2) is 42.5 Å². The summed E-state index contributed by atoms with van der Waals surface area (Å²) in [4.78, 5) is 11.5. The van der Waals surface area contributed by atoms with Crippen molar-refractivity contribution in [3.05, 3.63) is 59.2 Å². The second kappa shape index (κ2) is 5.00. The monoisotopic (exact) mass is 266 g/mol. The van der Waals surface area contributed by atoms with E-state index < -0.39 is 0 Å². The topological polar surface area (TPSA) is 55.1 Å². The van der Waals surface area contributed by atoms with Gasteiger partial charge in [0.05, 0.1) is 0 Å². The largest absolute Gasteiger partial charge is 0.398 e. The lowest BCUT2D eigenvalue weighted by molar-refractivity contribution is 0.101. The third-order valence-electron chi connectivity index (χ3n) is 3.85. The van der Waals surface area contributed by atoms with Crippen LogP contribution in [-0.4, -0.2) is 11.8 Å². The summed E-state index contributed by atoms with van der Waals surface area (Å²) in [7, 11) is 0. The Labute approximate surface area is 118 Å². The fourth-order valence-corrected chi connectivity index (χ4v) is 2.85. The van der Waals surface area contributed by atoms with Gasteiger partial charge in [0.1, 0.15) is 0 Å². The van der Waals surface area contributed by atoms with Crippen LogP contribution in [0.4, 0.5) is 11.4 Å². The van der Waals surface area contributed by atoms with Crippen molar-refractivity contribution in [2.24, 2.45) is 0 Å². The molecule has 1 aliphatic rings. The molecule has 0 atom stereocenters. The molecule has 102 valence electrons. The van der Waals surface area contributed by atoms with Crippen LogP contribution in [0.5, 0.6) is 0 Å². The van der Waals surface area contributed by atoms with Gasteiger partial charge in [-0.3, -0.25) is 4.79 Å². The first-order valence-corrected chi connectivity index (χ1v) is 6.87. The summed E-state index contributed by atoms with van der Waals surface area (Å²) in [5.41, 5.74) is 10.7. The van der Waals surface area contributed by atoms with Gasteiger partial charge in [0.15, 0.2) is 5.78 Å². The minimum atomic E-state index is 0.000794. The van der Waals surface area contributed by atoms with E-state index in [2.05, 4.69) is 29.6 Å². The lowest BCUT2D eigenvalue weighted by atomic mass is 10.1. The fraction of sp³-hybridized carbons (Fsp3) is 0.235. The predicted molar refractivity (Wildman–Crippen MR) is 82.1 cm³/mol. The van der Waals surface area contributed by atoms with Crippen molar-refractivity contribution in [2.75, 3.05) is 11.1 Å². The number of fused-ring (bicyclic) bond motifs is 1. The van der Waals surface area contributed by atoms with Crippen molar-refractivity contribution in [3.63, 3.8) is 0 Å². The number of anilines is 2. The molecule has 2 aromatic rings. The quantitative estimate of drug-likeness (QED) is 0.663.